The maximum Gasteiger partial charge on any atom is 0.340 e. The normalized spacial score (nSPS) is 12.6. The average Bonchev–Trinajstić information content (AvgIpc) is 3.24. The van der Waals surface area contributed by atoms with Gasteiger partial charge in [-0.05, 0) is 37.3 Å². The topological polar surface area (TPSA) is 124 Å². The number of hydrogen-bond acceptors (Lipinski definition) is 8. The number of fused-ring (bicyclic) bond motifs is 3. The van der Waals surface area contributed by atoms with Crippen molar-refractivity contribution in [3.63, 3.8) is 0 Å². The predicted molar refractivity (Wildman–Crippen MR) is 137 cm³/mol. The van der Waals surface area contributed by atoms with Gasteiger partial charge < -0.3 is 19.2 Å². The van der Waals surface area contributed by atoms with Crippen LogP contribution in [0.3, 0.4) is 0 Å². The first-order valence-corrected chi connectivity index (χ1v) is 12.7. The van der Waals surface area contributed by atoms with Crippen LogP contribution in [0.15, 0.2) is 63.9 Å². The Labute approximate surface area is 217 Å². The third-order valence-corrected chi connectivity index (χ3v) is 7.67. The van der Waals surface area contributed by atoms with E-state index in [1.807, 2.05) is 24.3 Å². The Balaban J connectivity index is 1.55. The van der Waals surface area contributed by atoms with Crippen LogP contribution in [0, 0.1) is 0 Å². The van der Waals surface area contributed by atoms with Gasteiger partial charge in [0.05, 0.1) is 35.4 Å². The Morgan fingerprint density at radius 1 is 1.03 bits per heavy atom. The molecule has 12 heteroatoms. The largest absolute Gasteiger partial charge is 0.495 e. The fraction of sp³-hybridized carbons (Fsp3) is 0.200. The van der Waals surface area contributed by atoms with Gasteiger partial charge in [0.1, 0.15) is 16.9 Å². The summed E-state index contributed by atoms with van der Waals surface area (Å²) in [5, 5.41) is 4.34. The molecule has 0 aliphatic carbocycles. The van der Waals surface area contributed by atoms with Crippen LogP contribution >= 0.6 is 11.6 Å². The van der Waals surface area contributed by atoms with Gasteiger partial charge in [-0.25, -0.2) is 13.2 Å². The molecule has 0 spiro atoms. The number of amides is 1. The zero-order valence-corrected chi connectivity index (χ0v) is 21.8. The second-order valence-corrected chi connectivity index (χ2v) is 10.3. The maximum absolute atomic E-state index is 12.9. The summed E-state index contributed by atoms with van der Waals surface area (Å²) in [6.45, 7) is 1.37. The van der Waals surface area contributed by atoms with E-state index in [0.717, 1.165) is 16.8 Å². The van der Waals surface area contributed by atoms with Crippen molar-refractivity contribution < 1.29 is 36.7 Å². The molecule has 0 saturated carbocycles. The molecule has 1 atom stereocenters. The van der Waals surface area contributed by atoms with Gasteiger partial charge in [0.15, 0.2) is 6.10 Å². The molecule has 1 N–H and O–H groups in total. The lowest BCUT2D eigenvalue weighted by Gasteiger charge is -2.17. The van der Waals surface area contributed by atoms with Gasteiger partial charge in [-0.1, -0.05) is 34.3 Å². The van der Waals surface area contributed by atoms with Crippen LogP contribution in [0.2, 0.25) is 5.02 Å². The van der Waals surface area contributed by atoms with Crippen molar-refractivity contribution in [3.8, 4) is 5.75 Å². The lowest BCUT2D eigenvalue weighted by molar-refractivity contribution is -0.123. The number of benzene rings is 3. The molecule has 0 aliphatic heterocycles. The van der Waals surface area contributed by atoms with Gasteiger partial charge in [-0.2, -0.15) is 0 Å². The number of halogens is 1. The number of furan rings is 1. The van der Waals surface area contributed by atoms with Crippen LogP contribution in [-0.2, 0) is 24.4 Å². The van der Waals surface area contributed by atoms with E-state index in [1.165, 1.54) is 40.3 Å². The Morgan fingerprint density at radius 2 is 1.76 bits per heavy atom. The predicted octanol–water partition coefficient (Wildman–Crippen LogP) is 4.61. The summed E-state index contributed by atoms with van der Waals surface area (Å²) < 4.78 is 42.2. The summed E-state index contributed by atoms with van der Waals surface area (Å²) in [6, 6.07) is 14.4. The van der Waals surface area contributed by atoms with Crippen molar-refractivity contribution in [3.05, 3.63) is 65.2 Å². The van der Waals surface area contributed by atoms with Crippen molar-refractivity contribution in [2.75, 3.05) is 26.6 Å². The molecule has 1 heterocycles. The van der Waals surface area contributed by atoms with Crippen molar-refractivity contribution >= 4 is 61.1 Å². The van der Waals surface area contributed by atoms with Crippen molar-refractivity contribution in [1.82, 2.24) is 4.47 Å². The lowest BCUT2D eigenvalue weighted by Crippen LogP contribution is -2.30. The standard InChI is InChI=1S/C25H23ClN2O8S/c1-14(35-25(30)18-11-15(9-10-19(18)26)37(31,32)28(2)34-4)24(29)27-20-13-22-17(12-23(20)33-3)16-7-5-6-8-21(16)36-22/h5-14H,1-4H3,(H,27,29). The molecule has 0 radical (unpaired) electrons. The molecule has 1 aromatic heterocycles. The smallest absolute Gasteiger partial charge is 0.340 e. The Hall–Kier alpha value is -3.64. The summed E-state index contributed by atoms with van der Waals surface area (Å²) in [4.78, 5) is 30.2. The minimum atomic E-state index is -4.04. The summed E-state index contributed by atoms with van der Waals surface area (Å²) in [7, 11) is -0.191. The second-order valence-electron chi connectivity index (χ2n) is 7.92. The number of sulfonamides is 1. The summed E-state index contributed by atoms with van der Waals surface area (Å²) in [5.41, 5.74) is 1.31. The van der Waals surface area contributed by atoms with Crippen molar-refractivity contribution in [1.29, 1.82) is 0 Å². The van der Waals surface area contributed by atoms with Gasteiger partial charge in [0.25, 0.3) is 15.9 Å². The van der Waals surface area contributed by atoms with Crippen LogP contribution in [0.1, 0.15) is 17.3 Å². The number of hydroxylamine groups is 1. The van der Waals surface area contributed by atoms with Crippen molar-refractivity contribution in [2.24, 2.45) is 0 Å². The number of para-hydroxylation sites is 1. The van der Waals surface area contributed by atoms with Crippen LogP contribution in [-0.4, -0.2) is 52.1 Å². The first kappa shape index (κ1) is 26.4. The average molecular weight is 547 g/mol. The molecule has 194 valence electrons. The van der Waals surface area contributed by atoms with E-state index >= 15 is 0 Å². The number of rotatable bonds is 8. The summed E-state index contributed by atoms with van der Waals surface area (Å²) in [6.07, 6.45) is -1.26. The number of ether oxygens (including phenoxy) is 2. The number of nitrogens with zero attached hydrogens (tertiary/aromatic N) is 1. The number of nitrogens with one attached hydrogen (secondary N) is 1. The first-order chi connectivity index (χ1) is 17.6. The molecule has 10 nitrogen and oxygen atoms in total. The number of esters is 1. The molecule has 0 bridgehead atoms. The van der Waals surface area contributed by atoms with E-state index in [2.05, 4.69) is 5.32 Å². The zero-order valence-electron chi connectivity index (χ0n) is 20.3. The molecule has 1 amide bonds. The second kappa shape index (κ2) is 10.4. The highest BCUT2D eigenvalue weighted by Crippen LogP contribution is 2.36. The zero-order chi connectivity index (χ0) is 26.9. The monoisotopic (exact) mass is 546 g/mol. The highest BCUT2D eigenvalue weighted by Gasteiger charge is 2.26. The Kier molecular flexibility index (Phi) is 7.42. The first-order valence-electron chi connectivity index (χ1n) is 10.9. The van der Waals surface area contributed by atoms with Gasteiger partial charge in [0.2, 0.25) is 0 Å². The molecular formula is C25H23ClN2O8S. The Bertz CT molecular complexity index is 1620. The maximum atomic E-state index is 12.9. The molecule has 37 heavy (non-hydrogen) atoms. The van der Waals surface area contributed by atoms with Crippen LogP contribution in [0.25, 0.3) is 21.9 Å². The number of anilines is 1. The molecule has 3 aromatic carbocycles. The fourth-order valence-corrected chi connectivity index (χ4v) is 4.79. The third-order valence-electron chi connectivity index (χ3n) is 5.66. The molecule has 4 aromatic rings. The van der Waals surface area contributed by atoms with Gasteiger partial charge in [-0.3, -0.25) is 9.63 Å². The lowest BCUT2D eigenvalue weighted by atomic mass is 10.1. The quantitative estimate of drug-likeness (QED) is 0.251. The van der Waals surface area contributed by atoms with E-state index in [-0.39, 0.29) is 15.5 Å². The molecule has 0 saturated heterocycles. The molecule has 1 unspecified atom stereocenters. The molecule has 0 aliphatic rings. The highest BCUT2D eigenvalue weighted by molar-refractivity contribution is 7.89. The Morgan fingerprint density at radius 3 is 2.46 bits per heavy atom. The van der Waals surface area contributed by atoms with E-state index in [9.17, 15) is 18.0 Å². The fourth-order valence-electron chi connectivity index (χ4n) is 3.60. The third kappa shape index (κ3) is 5.12. The van der Waals surface area contributed by atoms with E-state index in [0.29, 0.717) is 27.1 Å². The highest BCUT2D eigenvalue weighted by atomic mass is 35.5. The number of methoxy groups -OCH3 is 1. The van der Waals surface area contributed by atoms with Crippen molar-refractivity contribution in [2.45, 2.75) is 17.9 Å². The van der Waals surface area contributed by atoms with Gasteiger partial charge >= 0.3 is 5.97 Å². The number of carbonyl (C=O) groups is 2. The van der Waals surface area contributed by atoms with Crippen LogP contribution in [0.4, 0.5) is 5.69 Å². The molecular weight excluding hydrogens is 524 g/mol. The minimum Gasteiger partial charge on any atom is -0.495 e. The SMILES string of the molecule is COc1cc2c(cc1NC(=O)C(C)OC(=O)c1cc(S(=O)(=O)N(C)OC)ccc1Cl)oc1ccccc12. The van der Waals surface area contributed by atoms with Gasteiger partial charge in [-0.15, -0.1) is 0 Å². The van der Waals surface area contributed by atoms with Crippen LogP contribution in [0.5, 0.6) is 5.75 Å². The number of carbonyl (C=O) groups excluding carboxylic acids is 2. The summed E-state index contributed by atoms with van der Waals surface area (Å²) in [5.74, 6) is -1.25. The summed E-state index contributed by atoms with van der Waals surface area (Å²) >= 11 is 6.11. The molecule has 0 fully saturated rings. The van der Waals surface area contributed by atoms with Crippen LogP contribution < -0.4 is 10.1 Å². The van der Waals surface area contributed by atoms with E-state index in [1.54, 1.807) is 12.1 Å². The van der Waals surface area contributed by atoms with Gasteiger partial charge in [0, 0.05) is 23.9 Å². The number of hydrogen-bond donors (Lipinski definition) is 1. The minimum absolute atomic E-state index is 0.0476. The molecule has 4 rings (SSSR count). The van der Waals surface area contributed by atoms with E-state index < -0.39 is 28.0 Å². The van der Waals surface area contributed by atoms with E-state index in [4.69, 9.17) is 30.3 Å².